The average Bonchev–Trinajstić information content (AvgIpc) is 2.96. The molecule has 5 nitrogen and oxygen atoms in total. The maximum absolute atomic E-state index is 12.3. The zero-order valence-electron chi connectivity index (χ0n) is 13.1. The lowest BCUT2D eigenvalue weighted by Crippen LogP contribution is -2.46. The summed E-state index contributed by atoms with van der Waals surface area (Å²) < 4.78 is 0. The summed E-state index contributed by atoms with van der Waals surface area (Å²) in [5, 5.41) is 2.88. The van der Waals surface area contributed by atoms with Gasteiger partial charge in [0.25, 0.3) is 0 Å². The Morgan fingerprint density at radius 2 is 1.90 bits per heavy atom. The first-order valence-corrected chi connectivity index (χ1v) is 8.38. The molecule has 0 aromatic carbocycles. The third-order valence-electron chi connectivity index (χ3n) is 4.88. The summed E-state index contributed by atoms with van der Waals surface area (Å²) in [7, 11) is 0. The molecular weight excluding hydrogens is 266 g/mol. The van der Waals surface area contributed by atoms with Crippen molar-refractivity contribution in [3.63, 3.8) is 0 Å². The van der Waals surface area contributed by atoms with Crippen molar-refractivity contribution in [2.75, 3.05) is 19.6 Å². The van der Waals surface area contributed by atoms with Crippen molar-refractivity contribution < 1.29 is 9.59 Å². The van der Waals surface area contributed by atoms with Crippen LogP contribution in [-0.4, -0.2) is 42.4 Å². The number of hydrogen-bond donors (Lipinski definition) is 2. The van der Waals surface area contributed by atoms with E-state index in [1.54, 1.807) is 6.92 Å². The van der Waals surface area contributed by atoms with E-state index in [2.05, 4.69) is 5.32 Å². The zero-order chi connectivity index (χ0) is 15.2. The van der Waals surface area contributed by atoms with Crippen LogP contribution in [0.4, 0.5) is 0 Å². The van der Waals surface area contributed by atoms with Crippen molar-refractivity contribution in [2.45, 2.75) is 57.9 Å². The van der Waals surface area contributed by atoms with Crippen molar-refractivity contribution in [1.29, 1.82) is 0 Å². The minimum absolute atomic E-state index is 0.0253. The summed E-state index contributed by atoms with van der Waals surface area (Å²) in [5.74, 6) is 0.980. The van der Waals surface area contributed by atoms with Crippen molar-refractivity contribution in [3.05, 3.63) is 0 Å². The van der Waals surface area contributed by atoms with Crippen LogP contribution in [0, 0.1) is 11.8 Å². The van der Waals surface area contributed by atoms with Crippen molar-refractivity contribution in [1.82, 2.24) is 10.2 Å². The molecule has 3 N–H and O–H groups in total. The van der Waals surface area contributed by atoms with Gasteiger partial charge in [0.1, 0.15) is 6.04 Å². The van der Waals surface area contributed by atoms with Gasteiger partial charge in [0.05, 0.1) is 0 Å². The first kappa shape index (κ1) is 16.3. The maximum Gasteiger partial charge on any atom is 0.244 e. The van der Waals surface area contributed by atoms with Crippen LogP contribution in [0.25, 0.3) is 0 Å². The highest BCUT2D eigenvalue weighted by Gasteiger charge is 2.29. The number of nitrogens with two attached hydrogens (primary N) is 1. The molecule has 0 aromatic rings. The van der Waals surface area contributed by atoms with E-state index < -0.39 is 6.04 Å². The van der Waals surface area contributed by atoms with E-state index in [-0.39, 0.29) is 11.8 Å². The highest BCUT2D eigenvalue weighted by Crippen LogP contribution is 2.26. The molecule has 1 heterocycles. The van der Waals surface area contributed by atoms with Crippen molar-refractivity contribution in [2.24, 2.45) is 17.6 Å². The normalized spacial score (nSPS) is 24.9. The minimum Gasteiger partial charge on any atom is -0.345 e. The molecule has 0 aromatic heterocycles. The number of carbonyl (C=O) groups is 2. The van der Waals surface area contributed by atoms with Gasteiger partial charge in [0.2, 0.25) is 11.8 Å². The van der Waals surface area contributed by atoms with Crippen LogP contribution in [0.15, 0.2) is 0 Å². The molecule has 0 spiro atoms. The van der Waals surface area contributed by atoms with Gasteiger partial charge in [-0.25, -0.2) is 0 Å². The molecule has 2 aliphatic rings. The zero-order valence-corrected chi connectivity index (χ0v) is 13.1. The van der Waals surface area contributed by atoms with E-state index in [0.717, 1.165) is 32.4 Å². The fraction of sp³-hybridized carbons (Fsp3) is 0.875. The molecule has 0 bridgehead atoms. The molecule has 2 rings (SSSR count). The molecule has 1 saturated heterocycles. The number of nitrogens with one attached hydrogen (secondary N) is 1. The van der Waals surface area contributed by atoms with Crippen LogP contribution in [0.5, 0.6) is 0 Å². The lowest BCUT2D eigenvalue weighted by molar-refractivity contribution is -0.135. The quantitative estimate of drug-likeness (QED) is 0.802. The summed E-state index contributed by atoms with van der Waals surface area (Å²) >= 11 is 0. The van der Waals surface area contributed by atoms with E-state index in [0.29, 0.717) is 24.8 Å². The predicted molar refractivity (Wildman–Crippen MR) is 82.5 cm³/mol. The van der Waals surface area contributed by atoms with Crippen LogP contribution < -0.4 is 11.1 Å². The van der Waals surface area contributed by atoms with Gasteiger partial charge in [0, 0.05) is 19.5 Å². The predicted octanol–water partition coefficient (Wildman–Crippen LogP) is 1.27. The van der Waals surface area contributed by atoms with Gasteiger partial charge in [-0.3, -0.25) is 9.59 Å². The first-order chi connectivity index (χ1) is 10.1. The Morgan fingerprint density at radius 3 is 2.52 bits per heavy atom. The molecule has 2 amide bonds. The van der Waals surface area contributed by atoms with Crippen LogP contribution in [0.1, 0.15) is 51.9 Å². The lowest BCUT2D eigenvalue weighted by Gasteiger charge is -2.24. The molecule has 0 radical (unpaired) electrons. The minimum atomic E-state index is -0.419. The molecule has 2 atom stereocenters. The number of carbonyl (C=O) groups excluding carboxylic acids is 2. The number of rotatable bonds is 5. The van der Waals surface area contributed by atoms with Gasteiger partial charge in [-0.1, -0.05) is 19.3 Å². The van der Waals surface area contributed by atoms with Crippen LogP contribution >= 0.6 is 0 Å². The molecule has 1 saturated carbocycles. The summed E-state index contributed by atoms with van der Waals surface area (Å²) in [5.41, 5.74) is 5.65. The van der Waals surface area contributed by atoms with Gasteiger partial charge < -0.3 is 16.0 Å². The molecule has 1 aliphatic carbocycles. The number of nitrogens with zero attached hydrogens (tertiary/aromatic N) is 1. The summed E-state index contributed by atoms with van der Waals surface area (Å²) in [6.45, 7) is 3.92. The summed E-state index contributed by atoms with van der Waals surface area (Å²) in [4.78, 5) is 26.2. The van der Waals surface area contributed by atoms with E-state index in [4.69, 9.17) is 5.73 Å². The Bertz CT molecular complexity index is 367. The Kier molecular flexibility index (Phi) is 6.03. The van der Waals surface area contributed by atoms with Crippen LogP contribution in [0.2, 0.25) is 0 Å². The molecule has 120 valence electrons. The fourth-order valence-electron chi connectivity index (χ4n) is 3.51. The fourth-order valence-corrected chi connectivity index (χ4v) is 3.51. The highest BCUT2D eigenvalue weighted by molar-refractivity contribution is 5.87. The maximum atomic E-state index is 12.3. The molecule has 5 heteroatoms. The van der Waals surface area contributed by atoms with Crippen molar-refractivity contribution in [3.8, 4) is 0 Å². The van der Waals surface area contributed by atoms with Crippen LogP contribution in [-0.2, 0) is 9.59 Å². The van der Waals surface area contributed by atoms with E-state index in [1.165, 1.54) is 19.3 Å². The third kappa shape index (κ3) is 4.70. The SMILES string of the molecule is CC(NC(=O)CC1CCCCC1)C(=O)N1CCC(CN)C1. The molecular formula is C16H29N3O2. The Hall–Kier alpha value is -1.10. The smallest absolute Gasteiger partial charge is 0.244 e. The largest absolute Gasteiger partial charge is 0.345 e. The van der Waals surface area contributed by atoms with Crippen LogP contribution in [0.3, 0.4) is 0 Å². The molecule has 21 heavy (non-hydrogen) atoms. The van der Waals surface area contributed by atoms with Gasteiger partial charge in [0.15, 0.2) is 0 Å². The highest BCUT2D eigenvalue weighted by atomic mass is 16.2. The average molecular weight is 295 g/mol. The second kappa shape index (κ2) is 7.78. The van der Waals surface area contributed by atoms with E-state index >= 15 is 0 Å². The standard InChI is InChI=1S/C16H29N3O2/c1-12(16(21)19-8-7-14(10-17)11-19)18-15(20)9-13-5-3-2-4-6-13/h12-14H,2-11,17H2,1H3,(H,18,20). The molecule has 2 fully saturated rings. The molecule has 1 aliphatic heterocycles. The van der Waals surface area contributed by atoms with Gasteiger partial charge in [-0.05, 0) is 44.6 Å². The number of likely N-dealkylation sites (tertiary alicyclic amines) is 1. The Balaban J connectivity index is 1.73. The summed E-state index contributed by atoms with van der Waals surface area (Å²) in [6.07, 6.45) is 7.62. The first-order valence-electron chi connectivity index (χ1n) is 8.38. The van der Waals surface area contributed by atoms with Gasteiger partial charge in [-0.2, -0.15) is 0 Å². The van der Waals surface area contributed by atoms with E-state index in [9.17, 15) is 9.59 Å². The monoisotopic (exact) mass is 295 g/mol. The second-order valence-corrected chi connectivity index (χ2v) is 6.67. The van der Waals surface area contributed by atoms with E-state index in [1.807, 2.05) is 4.90 Å². The Morgan fingerprint density at radius 1 is 1.19 bits per heavy atom. The lowest BCUT2D eigenvalue weighted by atomic mass is 9.87. The topological polar surface area (TPSA) is 75.4 Å². The number of amides is 2. The van der Waals surface area contributed by atoms with Gasteiger partial charge >= 0.3 is 0 Å². The summed E-state index contributed by atoms with van der Waals surface area (Å²) in [6, 6.07) is -0.419. The Labute approximate surface area is 127 Å². The van der Waals surface area contributed by atoms with Crippen molar-refractivity contribution >= 4 is 11.8 Å². The second-order valence-electron chi connectivity index (χ2n) is 6.67. The number of hydrogen-bond acceptors (Lipinski definition) is 3. The third-order valence-corrected chi connectivity index (χ3v) is 4.88. The van der Waals surface area contributed by atoms with Gasteiger partial charge in [-0.15, -0.1) is 0 Å². The molecule has 2 unspecified atom stereocenters.